The standard InChI is InChI=1S/C22H27FO4/c1-12-8-16-15-5-4-13-9-14(24)6-7-19(13,2)21(15,23)17(25)10-20(16,3)22(12)18(26)11-27-22/h6-7,9,12,15-17,25H,4-5,8,10-11H2,1-3H3/t12-,15+,16+,17+,19+,20+,21?,22?/m1/s1. The minimum Gasteiger partial charge on any atom is -0.390 e. The molecule has 4 fully saturated rings. The number of alkyl halides is 1. The molecule has 0 aromatic carbocycles. The predicted molar refractivity (Wildman–Crippen MR) is 96.6 cm³/mol. The molecule has 2 unspecified atom stereocenters. The first-order valence-electron chi connectivity index (χ1n) is 10.1. The third-order valence-corrected chi connectivity index (χ3v) is 9.03. The van der Waals surface area contributed by atoms with Gasteiger partial charge in [0.1, 0.15) is 12.2 Å². The van der Waals surface area contributed by atoms with E-state index in [1.54, 1.807) is 12.2 Å². The molecule has 1 N–H and O–H groups in total. The highest BCUT2D eigenvalue weighted by Gasteiger charge is 2.78. The highest BCUT2D eigenvalue weighted by molar-refractivity contribution is 6.01. The summed E-state index contributed by atoms with van der Waals surface area (Å²) in [4.78, 5) is 24.5. The van der Waals surface area contributed by atoms with E-state index in [2.05, 4.69) is 0 Å². The van der Waals surface area contributed by atoms with Crippen molar-refractivity contribution in [1.29, 1.82) is 0 Å². The Kier molecular flexibility index (Phi) is 3.27. The lowest BCUT2D eigenvalue weighted by Crippen LogP contribution is -2.72. The van der Waals surface area contributed by atoms with E-state index < -0.39 is 28.2 Å². The van der Waals surface area contributed by atoms with Crippen molar-refractivity contribution in [3.05, 3.63) is 23.8 Å². The fourth-order valence-corrected chi connectivity index (χ4v) is 7.72. The van der Waals surface area contributed by atoms with Gasteiger partial charge < -0.3 is 9.84 Å². The number of halogens is 1. The maximum atomic E-state index is 16.9. The quantitative estimate of drug-likeness (QED) is 0.708. The monoisotopic (exact) mass is 374 g/mol. The van der Waals surface area contributed by atoms with Crippen LogP contribution in [0.4, 0.5) is 4.39 Å². The van der Waals surface area contributed by atoms with Gasteiger partial charge in [0.25, 0.3) is 0 Å². The lowest BCUT2D eigenvalue weighted by molar-refractivity contribution is -0.250. The van der Waals surface area contributed by atoms with Gasteiger partial charge in [-0.25, -0.2) is 4.39 Å². The third kappa shape index (κ3) is 1.69. The summed E-state index contributed by atoms with van der Waals surface area (Å²) in [6, 6.07) is 0. The summed E-state index contributed by atoms with van der Waals surface area (Å²) in [6.45, 7) is 6.00. The second-order valence-corrected chi connectivity index (χ2v) is 9.85. The molecule has 1 heterocycles. The topological polar surface area (TPSA) is 63.6 Å². The number of ether oxygens (including phenoxy) is 1. The second kappa shape index (κ2) is 4.98. The van der Waals surface area contributed by atoms with Crippen LogP contribution in [-0.4, -0.2) is 40.7 Å². The van der Waals surface area contributed by atoms with Gasteiger partial charge in [-0.15, -0.1) is 0 Å². The van der Waals surface area contributed by atoms with Crippen LogP contribution in [0, 0.1) is 28.6 Å². The molecule has 1 saturated heterocycles. The molecule has 27 heavy (non-hydrogen) atoms. The number of Topliss-reactive ketones (excluding diaryl/α,β-unsaturated/α-hetero) is 1. The summed E-state index contributed by atoms with van der Waals surface area (Å²) in [5.74, 6) is -0.359. The Hall–Kier alpha value is -1.33. The third-order valence-electron chi connectivity index (χ3n) is 9.03. The van der Waals surface area contributed by atoms with Crippen molar-refractivity contribution < 1.29 is 23.8 Å². The van der Waals surface area contributed by atoms with Gasteiger partial charge in [0.15, 0.2) is 17.2 Å². The summed E-state index contributed by atoms with van der Waals surface area (Å²) < 4.78 is 22.8. The first kappa shape index (κ1) is 17.7. The van der Waals surface area contributed by atoms with Gasteiger partial charge in [-0.1, -0.05) is 25.5 Å². The number of hydrogen-bond acceptors (Lipinski definition) is 4. The van der Waals surface area contributed by atoms with E-state index in [1.807, 2.05) is 20.8 Å². The fourth-order valence-electron chi connectivity index (χ4n) is 7.72. The predicted octanol–water partition coefficient (Wildman–Crippen LogP) is 2.94. The van der Waals surface area contributed by atoms with Gasteiger partial charge in [-0.05, 0) is 56.6 Å². The van der Waals surface area contributed by atoms with E-state index in [4.69, 9.17) is 4.74 Å². The van der Waals surface area contributed by atoms with Crippen LogP contribution in [0.3, 0.4) is 0 Å². The molecule has 3 saturated carbocycles. The van der Waals surface area contributed by atoms with E-state index in [0.717, 1.165) is 12.0 Å². The Morgan fingerprint density at radius 1 is 1.26 bits per heavy atom. The van der Waals surface area contributed by atoms with Gasteiger partial charge in [-0.3, -0.25) is 9.59 Å². The molecular formula is C22H27FO4. The molecule has 0 amide bonds. The number of fused-ring (bicyclic) bond motifs is 6. The minimum atomic E-state index is -1.84. The molecule has 8 atom stereocenters. The Labute approximate surface area is 158 Å². The second-order valence-electron chi connectivity index (χ2n) is 9.85. The van der Waals surface area contributed by atoms with Crippen LogP contribution < -0.4 is 0 Å². The number of aliphatic hydroxyl groups excluding tert-OH is 1. The van der Waals surface area contributed by atoms with Crippen LogP contribution in [0.1, 0.15) is 46.5 Å². The molecule has 1 spiro atoms. The van der Waals surface area contributed by atoms with Crippen LogP contribution in [0.2, 0.25) is 0 Å². The molecule has 5 heteroatoms. The van der Waals surface area contributed by atoms with Crippen molar-refractivity contribution >= 4 is 11.6 Å². The highest BCUT2D eigenvalue weighted by atomic mass is 19.1. The summed E-state index contributed by atoms with van der Waals surface area (Å²) in [7, 11) is 0. The zero-order chi connectivity index (χ0) is 19.4. The maximum Gasteiger partial charge on any atom is 0.191 e. The Bertz CT molecular complexity index is 817. The van der Waals surface area contributed by atoms with Crippen molar-refractivity contribution in [3.8, 4) is 0 Å². The van der Waals surface area contributed by atoms with Crippen LogP contribution in [0.15, 0.2) is 23.8 Å². The van der Waals surface area contributed by atoms with Gasteiger partial charge in [0, 0.05) is 16.7 Å². The molecule has 0 aromatic rings. The Morgan fingerprint density at radius 3 is 2.63 bits per heavy atom. The van der Waals surface area contributed by atoms with E-state index in [9.17, 15) is 14.7 Å². The molecule has 0 aromatic heterocycles. The van der Waals surface area contributed by atoms with Crippen LogP contribution >= 0.6 is 0 Å². The van der Waals surface area contributed by atoms with Gasteiger partial charge in [0.05, 0.1) is 6.10 Å². The van der Waals surface area contributed by atoms with E-state index in [1.165, 1.54) is 6.08 Å². The number of allylic oxidation sites excluding steroid dienone is 4. The van der Waals surface area contributed by atoms with Crippen molar-refractivity contribution in [2.45, 2.75) is 63.8 Å². The number of hydrogen-bond donors (Lipinski definition) is 1. The maximum absolute atomic E-state index is 16.9. The number of aliphatic hydroxyl groups is 1. The van der Waals surface area contributed by atoms with Gasteiger partial charge in [0.2, 0.25) is 0 Å². The van der Waals surface area contributed by atoms with E-state index in [-0.39, 0.29) is 42.3 Å². The minimum absolute atomic E-state index is 0.0189. The molecule has 4 nitrogen and oxygen atoms in total. The molecule has 5 rings (SSSR count). The van der Waals surface area contributed by atoms with Crippen LogP contribution in [0.5, 0.6) is 0 Å². The van der Waals surface area contributed by atoms with Gasteiger partial charge >= 0.3 is 0 Å². The molecule has 4 aliphatic carbocycles. The summed E-state index contributed by atoms with van der Waals surface area (Å²) in [5, 5.41) is 11.2. The van der Waals surface area contributed by atoms with Crippen LogP contribution in [0.25, 0.3) is 0 Å². The zero-order valence-corrected chi connectivity index (χ0v) is 16.1. The molecular weight excluding hydrogens is 347 g/mol. The SMILES string of the molecule is C[C@@H]1C[C@H]2[C@@H]3CCC4=CC(=O)C=C[C@]4(C)C3(F)[C@@H](O)C[C@]2(C)C12OCC2=O. The molecule has 0 bridgehead atoms. The van der Waals surface area contributed by atoms with Crippen molar-refractivity contribution in [3.63, 3.8) is 0 Å². The van der Waals surface area contributed by atoms with Gasteiger partial charge in [-0.2, -0.15) is 0 Å². The molecule has 146 valence electrons. The average Bonchev–Trinajstić information content (AvgIpc) is 2.84. The molecule has 5 aliphatic rings. The lowest BCUT2D eigenvalue weighted by atomic mass is 9.44. The van der Waals surface area contributed by atoms with Crippen LogP contribution in [-0.2, 0) is 14.3 Å². The number of ketones is 2. The Morgan fingerprint density at radius 2 is 2.00 bits per heavy atom. The first-order chi connectivity index (χ1) is 12.6. The normalized spacial score (nSPS) is 56.3. The molecule has 0 radical (unpaired) electrons. The van der Waals surface area contributed by atoms with E-state index in [0.29, 0.717) is 12.8 Å². The fraction of sp³-hybridized carbons (Fsp3) is 0.727. The lowest BCUT2D eigenvalue weighted by Gasteiger charge is -2.64. The van der Waals surface area contributed by atoms with Crippen molar-refractivity contribution in [1.82, 2.24) is 0 Å². The van der Waals surface area contributed by atoms with Crippen molar-refractivity contribution in [2.75, 3.05) is 6.61 Å². The molecule has 1 aliphatic heterocycles. The summed E-state index contributed by atoms with van der Waals surface area (Å²) in [5.41, 5.74) is -3.44. The number of carbonyl (C=O) groups excluding carboxylic acids is 2. The van der Waals surface area contributed by atoms with Crippen molar-refractivity contribution in [2.24, 2.45) is 28.6 Å². The smallest absolute Gasteiger partial charge is 0.191 e. The first-order valence-corrected chi connectivity index (χ1v) is 10.1. The number of rotatable bonds is 0. The number of carbonyl (C=O) groups is 2. The van der Waals surface area contributed by atoms with E-state index >= 15 is 4.39 Å². The summed E-state index contributed by atoms with van der Waals surface area (Å²) in [6.07, 6.45) is 5.65. The zero-order valence-electron chi connectivity index (χ0n) is 16.1. The average molecular weight is 374 g/mol. The largest absolute Gasteiger partial charge is 0.390 e. The summed E-state index contributed by atoms with van der Waals surface area (Å²) >= 11 is 0. The Balaban J connectivity index is 1.64. The highest BCUT2D eigenvalue weighted by Crippen LogP contribution is 2.72.